The molecule has 0 aliphatic rings. The topological polar surface area (TPSA) is 12.0 Å². The Balaban J connectivity index is 2.83. The van der Waals surface area contributed by atoms with Gasteiger partial charge >= 0.3 is 0 Å². The van der Waals surface area contributed by atoms with Crippen molar-refractivity contribution in [2.24, 2.45) is 5.92 Å². The largest absolute Gasteiger partial charge is 0.316 e. The summed E-state index contributed by atoms with van der Waals surface area (Å²) in [4.78, 5) is 0. The van der Waals surface area contributed by atoms with Gasteiger partial charge in [-0.1, -0.05) is 45.4 Å². The van der Waals surface area contributed by atoms with Gasteiger partial charge in [0, 0.05) is 6.54 Å². The normalized spacial score (nSPS) is 14.5. The summed E-state index contributed by atoms with van der Waals surface area (Å²) in [5, 5.41) is 3.58. The number of aryl methyl sites for hydroxylation is 2. The van der Waals surface area contributed by atoms with Gasteiger partial charge in [0.2, 0.25) is 0 Å². The van der Waals surface area contributed by atoms with E-state index in [1.54, 1.807) is 0 Å². The molecule has 1 heteroatoms. The maximum atomic E-state index is 3.58. The second kappa shape index (κ2) is 7.58. The highest BCUT2D eigenvalue weighted by atomic mass is 14.9. The Morgan fingerprint density at radius 1 is 1.11 bits per heavy atom. The van der Waals surface area contributed by atoms with E-state index in [-0.39, 0.29) is 0 Å². The summed E-state index contributed by atoms with van der Waals surface area (Å²) < 4.78 is 0. The van der Waals surface area contributed by atoms with Crippen LogP contribution >= 0.6 is 0 Å². The van der Waals surface area contributed by atoms with Gasteiger partial charge in [0.25, 0.3) is 0 Å². The summed E-state index contributed by atoms with van der Waals surface area (Å²) >= 11 is 0. The van der Waals surface area contributed by atoms with Gasteiger partial charge in [-0.3, -0.25) is 0 Å². The van der Waals surface area contributed by atoms with E-state index >= 15 is 0 Å². The highest BCUT2D eigenvalue weighted by molar-refractivity contribution is 5.32. The highest BCUT2D eigenvalue weighted by Crippen LogP contribution is 2.27. The first kappa shape index (κ1) is 15.2. The Morgan fingerprint density at radius 3 is 2.39 bits per heavy atom. The number of hydrogen-bond donors (Lipinski definition) is 1. The first-order chi connectivity index (χ1) is 8.60. The lowest BCUT2D eigenvalue weighted by Crippen LogP contribution is -2.26. The molecule has 0 bridgehead atoms. The SMILES string of the molecule is CCCNCC(c1ccc(C)c(C)c1)C(C)CC. The molecule has 0 saturated heterocycles. The predicted molar refractivity (Wildman–Crippen MR) is 81.3 cm³/mol. The lowest BCUT2D eigenvalue weighted by atomic mass is 9.84. The molecule has 0 fully saturated rings. The molecule has 1 nitrogen and oxygen atoms in total. The minimum Gasteiger partial charge on any atom is -0.316 e. The molecule has 18 heavy (non-hydrogen) atoms. The molecule has 0 saturated carbocycles. The molecule has 0 amide bonds. The molecule has 1 rings (SSSR count). The van der Waals surface area contributed by atoms with Gasteiger partial charge in [-0.25, -0.2) is 0 Å². The van der Waals surface area contributed by atoms with E-state index in [0.717, 1.165) is 19.0 Å². The van der Waals surface area contributed by atoms with E-state index in [1.165, 1.54) is 29.5 Å². The maximum Gasteiger partial charge on any atom is 0.00227 e. The van der Waals surface area contributed by atoms with Crippen LogP contribution in [0, 0.1) is 19.8 Å². The molecular weight excluding hydrogens is 218 g/mol. The molecular formula is C17H29N. The third-order valence-corrected chi connectivity index (χ3v) is 4.08. The number of hydrogen-bond acceptors (Lipinski definition) is 1. The van der Waals surface area contributed by atoms with Crippen molar-refractivity contribution >= 4 is 0 Å². The van der Waals surface area contributed by atoms with Gasteiger partial charge in [0.1, 0.15) is 0 Å². The second-order valence-electron chi connectivity index (χ2n) is 5.54. The fourth-order valence-electron chi connectivity index (χ4n) is 2.36. The van der Waals surface area contributed by atoms with Gasteiger partial charge in [0.15, 0.2) is 0 Å². The fourth-order valence-corrected chi connectivity index (χ4v) is 2.36. The van der Waals surface area contributed by atoms with E-state index in [4.69, 9.17) is 0 Å². The third-order valence-electron chi connectivity index (χ3n) is 4.08. The van der Waals surface area contributed by atoms with E-state index in [9.17, 15) is 0 Å². The van der Waals surface area contributed by atoms with Crippen LogP contribution in [0.2, 0.25) is 0 Å². The van der Waals surface area contributed by atoms with Crippen molar-refractivity contribution < 1.29 is 0 Å². The summed E-state index contributed by atoms with van der Waals surface area (Å²) in [6, 6.07) is 6.95. The summed E-state index contributed by atoms with van der Waals surface area (Å²) in [5.74, 6) is 1.37. The molecule has 0 spiro atoms. The zero-order valence-electron chi connectivity index (χ0n) is 12.7. The van der Waals surface area contributed by atoms with E-state index in [0.29, 0.717) is 5.92 Å². The molecule has 0 aliphatic heterocycles. The zero-order chi connectivity index (χ0) is 13.5. The molecule has 1 aromatic rings. The van der Waals surface area contributed by atoms with Crippen LogP contribution in [0.3, 0.4) is 0 Å². The Kier molecular flexibility index (Phi) is 6.42. The number of rotatable bonds is 7. The number of nitrogens with one attached hydrogen (secondary N) is 1. The monoisotopic (exact) mass is 247 g/mol. The fraction of sp³-hybridized carbons (Fsp3) is 0.647. The maximum absolute atomic E-state index is 3.58. The Hall–Kier alpha value is -0.820. The van der Waals surface area contributed by atoms with Gasteiger partial charge < -0.3 is 5.32 Å². The number of benzene rings is 1. The van der Waals surface area contributed by atoms with Gasteiger partial charge in [-0.05, 0) is 55.3 Å². The van der Waals surface area contributed by atoms with Crippen LogP contribution in [0.15, 0.2) is 18.2 Å². The first-order valence-corrected chi connectivity index (χ1v) is 7.38. The van der Waals surface area contributed by atoms with Crippen molar-refractivity contribution in [2.75, 3.05) is 13.1 Å². The lowest BCUT2D eigenvalue weighted by molar-refractivity contribution is 0.421. The zero-order valence-corrected chi connectivity index (χ0v) is 12.7. The summed E-state index contributed by atoms with van der Waals surface area (Å²) in [6.45, 7) is 13.5. The molecule has 1 N–H and O–H groups in total. The van der Waals surface area contributed by atoms with Gasteiger partial charge in [0.05, 0.1) is 0 Å². The molecule has 1 aromatic carbocycles. The van der Waals surface area contributed by atoms with E-state index in [2.05, 4.69) is 58.1 Å². The van der Waals surface area contributed by atoms with Crippen molar-refractivity contribution in [3.8, 4) is 0 Å². The van der Waals surface area contributed by atoms with E-state index < -0.39 is 0 Å². The van der Waals surface area contributed by atoms with Gasteiger partial charge in [-0.2, -0.15) is 0 Å². The summed E-state index contributed by atoms with van der Waals surface area (Å²) in [7, 11) is 0. The minimum absolute atomic E-state index is 0.640. The molecule has 102 valence electrons. The Labute approximate surface area is 113 Å². The van der Waals surface area contributed by atoms with Crippen LogP contribution in [0.1, 0.15) is 56.2 Å². The molecule has 2 unspecified atom stereocenters. The molecule has 0 aliphatic carbocycles. The van der Waals surface area contributed by atoms with Crippen LogP contribution < -0.4 is 5.32 Å². The van der Waals surface area contributed by atoms with Crippen LogP contribution in [-0.4, -0.2) is 13.1 Å². The van der Waals surface area contributed by atoms with Crippen molar-refractivity contribution in [1.82, 2.24) is 5.32 Å². The standard InChI is InChI=1S/C17H29N/c1-6-10-18-12-17(13(3)7-2)16-9-8-14(4)15(5)11-16/h8-9,11,13,17-18H,6-7,10,12H2,1-5H3. The average molecular weight is 247 g/mol. The molecule has 0 aromatic heterocycles. The summed E-state index contributed by atoms with van der Waals surface area (Å²) in [5.41, 5.74) is 4.30. The van der Waals surface area contributed by atoms with Crippen LogP contribution in [-0.2, 0) is 0 Å². The van der Waals surface area contributed by atoms with E-state index in [1.807, 2.05) is 0 Å². The summed E-state index contributed by atoms with van der Waals surface area (Å²) in [6.07, 6.45) is 2.45. The molecule has 0 heterocycles. The predicted octanol–water partition coefficient (Wildman–Crippen LogP) is 4.43. The first-order valence-electron chi connectivity index (χ1n) is 7.38. The van der Waals surface area contributed by atoms with Crippen molar-refractivity contribution in [2.45, 2.75) is 53.4 Å². The van der Waals surface area contributed by atoms with Crippen LogP contribution in [0.25, 0.3) is 0 Å². The minimum atomic E-state index is 0.640. The lowest BCUT2D eigenvalue weighted by Gasteiger charge is -2.24. The second-order valence-corrected chi connectivity index (χ2v) is 5.54. The van der Waals surface area contributed by atoms with Crippen LogP contribution in [0.5, 0.6) is 0 Å². The van der Waals surface area contributed by atoms with Gasteiger partial charge in [-0.15, -0.1) is 0 Å². The Bertz CT molecular complexity index is 357. The quantitative estimate of drug-likeness (QED) is 0.703. The van der Waals surface area contributed by atoms with Crippen molar-refractivity contribution in [3.63, 3.8) is 0 Å². The van der Waals surface area contributed by atoms with Crippen molar-refractivity contribution in [3.05, 3.63) is 34.9 Å². The highest BCUT2D eigenvalue weighted by Gasteiger charge is 2.17. The Morgan fingerprint density at radius 2 is 1.83 bits per heavy atom. The third kappa shape index (κ3) is 4.13. The van der Waals surface area contributed by atoms with Crippen LogP contribution in [0.4, 0.5) is 0 Å². The van der Waals surface area contributed by atoms with Crippen molar-refractivity contribution in [1.29, 1.82) is 0 Å². The smallest absolute Gasteiger partial charge is 0.00227 e. The molecule has 2 atom stereocenters. The molecule has 0 radical (unpaired) electrons. The average Bonchev–Trinajstić information content (AvgIpc) is 2.37.